The first kappa shape index (κ1) is 24.4. The molecule has 1 aliphatic rings. The van der Waals surface area contributed by atoms with Crippen LogP contribution in [-0.2, 0) is 24.3 Å². The van der Waals surface area contributed by atoms with E-state index in [2.05, 4.69) is 5.32 Å². The first-order valence-corrected chi connectivity index (χ1v) is 12.0. The number of primary amides is 1. The molecular weight excluding hydrogens is 446 g/mol. The molecule has 3 N–H and O–H groups in total. The number of esters is 1. The maximum Gasteiger partial charge on any atom is 0.309 e. The van der Waals surface area contributed by atoms with Gasteiger partial charge in [0.15, 0.2) is 6.10 Å². The Balaban J connectivity index is 1.51. The van der Waals surface area contributed by atoms with Crippen LogP contribution < -0.4 is 11.1 Å². The summed E-state index contributed by atoms with van der Waals surface area (Å²) >= 11 is 0. The van der Waals surface area contributed by atoms with E-state index in [4.69, 9.17) is 10.5 Å². The number of hydrogen-bond acceptors (Lipinski definition) is 6. The van der Waals surface area contributed by atoms with E-state index in [0.29, 0.717) is 24.1 Å². The highest BCUT2D eigenvalue weighted by molar-refractivity contribution is 7.89. The Hall–Kier alpha value is -3.24. The van der Waals surface area contributed by atoms with Crippen molar-refractivity contribution in [3.05, 3.63) is 59.7 Å². The van der Waals surface area contributed by atoms with Gasteiger partial charge in [-0.3, -0.25) is 14.4 Å². The molecule has 2 aromatic carbocycles. The fraction of sp³-hybridized carbons (Fsp3) is 0.348. The number of hydrogen-bond donors (Lipinski definition) is 2. The quantitative estimate of drug-likeness (QED) is 0.591. The molecule has 3 rings (SSSR count). The lowest BCUT2D eigenvalue weighted by molar-refractivity contribution is -0.158. The van der Waals surface area contributed by atoms with Crippen LogP contribution in [0.15, 0.2) is 53.4 Å². The van der Waals surface area contributed by atoms with E-state index in [1.807, 2.05) is 6.92 Å². The second-order valence-corrected chi connectivity index (χ2v) is 9.94. The van der Waals surface area contributed by atoms with Crippen LogP contribution >= 0.6 is 0 Å². The average molecular weight is 474 g/mol. The van der Waals surface area contributed by atoms with Crippen molar-refractivity contribution in [3.63, 3.8) is 0 Å². The molecule has 1 heterocycles. The number of nitrogens with two attached hydrogens (primary N) is 1. The van der Waals surface area contributed by atoms with Gasteiger partial charge in [-0.05, 0) is 63.1 Å². The summed E-state index contributed by atoms with van der Waals surface area (Å²) in [4.78, 5) is 36.2. The van der Waals surface area contributed by atoms with Crippen molar-refractivity contribution in [2.45, 2.75) is 37.7 Å². The second-order valence-electron chi connectivity index (χ2n) is 8.00. The molecule has 0 bridgehead atoms. The van der Waals surface area contributed by atoms with Crippen molar-refractivity contribution in [3.8, 4) is 0 Å². The molecule has 0 spiro atoms. The summed E-state index contributed by atoms with van der Waals surface area (Å²) in [5, 5.41) is 2.61. The number of nitrogens with zero attached hydrogens (tertiary/aromatic N) is 1. The summed E-state index contributed by atoms with van der Waals surface area (Å²) in [6.07, 6.45) is -0.415. The number of benzene rings is 2. The number of sulfonamides is 1. The molecule has 0 unspecified atom stereocenters. The number of piperidine rings is 1. The van der Waals surface area contributed by atoms with Crippen LogP contribution in [0.2, 0.25) is 0 Å². The third kappa shape index (κ3) is 5.96. The van der Waals surface area contributed by atoms with Gasteiger partial charge in [0.05, 0.1) is 10.8 Å². The van der Waals surface area contributed by atoms with E-state index >= 15 is 0 Å². The van der Waals surface area contributed by atoms with E-state index in [1.165, 1.54) is 35.5 Å². The molecule has 0 aromatic heterocycles. The largest absolute Gasteiger partial charge is 0.452 e. The Morgan fingerprint density at radius 1 is 1.03 bits per heavy atom. The maximum absolute atomic E-state index is 12.8. The predicted molar refractivity (Wildman–Crippen MR) is 122 cm³/mol. The topological polar surface area (TPSA) is 136 Å². The molecule has 1 fully saturated rings. The third-order valence-corrected chi connectivity index (χ3v) is 7.46. The van der Waals surface area contributed by atoms with Gasteiger partial charge in [-0.25, -0.2) is 8.42 Å². The van der Waals surface area contributed by atoms with Gasteiger partial charge in [0, 0.05) is 24.3 Å². The van der Waals surface area contributed by atoms with E-state index in [9.17, 15) is 22.8 Å². The van der Waals surface area contributed by atoms with Crippen molar-refractivity contribution in [2.75, 3.05) is 18.4 Å². The molecule has 2 aromatic rings. The van der Waals surface area contributed by atoms with Crippen LogP contribution in [0.25, 0.3) is 0 Å². The summed E-state index contributed by atoms with van der Waals surface area (Å²) < 4.78 is 32.3. The number of anilines is 1. The minimum absolute atomic E-state index is 0.197. The summed E-state index contributed by atoms with van der Waals surface area (Å²) in [5.74, 6) is -2.11. The number of nitrogens with one attached hydrogen (secondary N) is 1. The number of rotatable bonds is 7. The normalized spacial score (nSPS) is 16.1. The van der Waals surface area contributed by atoms with Crippen LogP contribution in [0, 0.1) is 12.8 Å². The van der Waals surface area contributed by atoms with Crippen molar-refractivity contribution in [2.24, 2.45) is 11.7 Å². The second kappa shape index (κ2) is 10.1. The summed E-state index contributed by atoms with van der Waals surface area (Å²) in [5.41, 5.74) is 6.90. The van der Waals surface area contributed by atoms with E-state index in [1.54, 1.807) is 24.3 Å². The van der Waals surface area contributed by atoms with Crippen LogP contribution in [0.4, 0.5) is 5.69 Å². The Labute approximate surface area is 193 Å². The van der Waals surface area contributed by atoms with Gasteiger partial charge in [-0.1, -0.05) is 17.7 Å². The Bertz CT molecular complexity index is 1120. The molecule has 1 aliphatic heterocycles. The molecule has 33 heavy (non-hydrogen) atoms. The third-order valence-electron chi connectivity index (χ3n) is 5.55. The maximum atomic E-state index is 12.8. The summed E-state index contributed by atoms with van der Waals surface area (Å²) in [6.45, 7) is 3.74. The standard InChI is InChI=1S/C23H27N3O6S/c1-15-3-9-20(10-4-15)33(30,31)26-13-11-18(12-14-26)23(29)32-16(2)22(28)25-19-7-5-17(6-8-19)21(24)27/h3-10,16,18H,11-14H2,1-2H3,(H2,24,27)(H,25,28)/t16-/m1/s1. The zero-order chi connectivity index (χ0) is 24.2. The molecule has 1 atom stereocenters. The van der Waals surface area contributed by atoms with Crippen LogP contribution in [0.1, 0.15) is 35.7 Å². The lowest BCUT2D eigenvalue weighted by Gasteiger charge is -2.30. The minimum Gasteiger partial charge on any atom is -0.452 e. The first-order chi connectivity index (χ1) is 15.6. The minimum atomic E-state index is -3.62. The molecule has 2 amide bonds. The van der Waals surface area contributed by atoms with Gasteiger partial charge < -0.3 is 15.8 Å². The van der Waals surface area contributed by atoms with Crippen LogP contribution in [-0.4, -0.2) is 49.7 Å². The summed E-state index contributed by atoms with van der Waals surface area (Å²) in [6, 6.07) is 12.7. The molecule has 9 nitrogen and oxygen atoms in total. The van der Waals surface area contributed by atoms with Crippen molar-refractivity contribution in [1.29, 1.82) is 0 Å². The molecule has 0 saturated carbocycles. The Morgan fingerprint density at radius 3 is 2.15 bits per heavy atom. The highest BCUT2D eigenvalue weighted by Gasteiger charge is 2.34. The van der Waals surface area contributed by atoms with Crippen molar-refractivity contribution in [1.82, 2.24) is 4.31 Å². The van der Waals surface area contributed by atoms with E-state index in [-0.39, 0.29) is 18.0 Å². The zero-order valence-corrected chi connectivity index (χ0v) is 19.3. The molecule has 0 aliphatic carbocycles. The van der Waals surface area contributed by atoms with Crippen LogP contribution in [0.5, 0.6) is 0 Å². The lowest BCUT2D eigenvalue weighted by Crippen LogP contribution is -2.41. The molecule has 1 saturated heterocycles. The van der Waals surface area contributed by atoms with Gasteiger partial charge in [0.2, 0.25) is 15.9 Å². The number of amides is 2. The molecule has 10 heteroatoms. The van der Waals surface area contributed by atoms with E-state index < -0.39 is 39.8 Å². The van der Waals surface area contributed by atoms with Gasteiger partial charge in [0.25, 0.3) is 5.91 Å². The number of carbonyl (C=O) groups excluding carboxylic acids is 3. The zero-order valence-electron chi connectivity index (χ0n) is 18.5. The molecular formula is C23H27N3O6S. The lowest BCUT2D eigenvalue weighted by atomic mass is 9.98. The highest BCUT2D eigenvalue weighted by atomic mass is 32.2. The Morgan fingerprint density at radius 2 is 1.61 bits per heavy atom. The van der Waals surface area contributed by atoms with Gasteiger partial charge in [-0.2, -0.15) is 4.31 Å². The SMILES string of the molecule is Cc1ccc(S(=O)(=O)N2CCC(C(=O)O[C@H](C)C(=O)Nc3ccc(C(N)=O)cc3)CC2)cc1. The predicted octanol–water partition coefficient (Wildman–Crippen LogP) is 2.07. The van der Waals surface area contributed by atoms with Crippen molar-refractivity contribution < 1.29 is 27.5 Å². The molecule has 0 radical (unpaired) electrons. The smallest absolute Gasteiger partial charge is 0.309 e. The van der Waals surface area contributed by atoms with Crippen molar-refractivity contribution >= 4 is 33.5 Å². The van der Waals surface area contributed by atoms with Gasteiger partial charge >= 0.3 is 5.97 Å². The fourth-order valence-electron chi connectivity index (χ4n) is 3.48. The van der Waals surface area contributed by atoms with Gasteiger partial charge in [-0.15, -0.1) is 0 Å². The summed E-state index contributed by atoms with van der Waals surface area (Å²) in [7, 11) is -3.62. The van der Waals surface area contributed by atoms with E-state index in [0.717, 1.165) is 5.56 Å². The van der Waals surface area contributed by atoms with Crippen LogP contribution in [0.3, 0.4) is 0 Å². The first-order valence-electron chi connectivity index (χ1n) is 10.6. The Kier molecular flexibility index (Phi) is 7.50. The number of ether oxygens (including phenoxy) is 1. The average Bonchev–Trinajstić information content (AvgIpc) is 2.79. The fourth-order valence-corrected chi connectivity index (χ4v) is 4.95. The van der Waals surface area contributed by atoms with Gasteiger partial charge in [0.1, 0.15) is 0 Å². The highest BCUT2D eigenvalue weighted by Crippen LogP contribution is 2.25. The number of carbonyl (C=O) groups is 3. The monoisotopic (exact) mass is 473 g/mol. The molecule has 176 valence electrons. The number of aryl methyl sites for hydroxylation is 1.